The van der Waals surface area contributed by atoms with Crippen LogP contribution in [-0.2, 0) is 4.79 Å². The van der Waals surface area contributed by atoms with Crippen LogP contribution in [0.3, 0.4) is 0 Å². The van der Waals surface area contributed by atoms with E-state index in [1.54, 1.807) is 12.1 Å². The number of methoxy groups -OCH3 is 1. The Bertz CT molecular complexity index is 406. The fraction of sp³-hybridized carbons (Fsp3) is 0.417. The molecular formula is C12H14FNO2. The van der Waals surface area contributed by atoms with Crippen LogP contribution in [0.2, 0.25) is 0 Å². The Kier molecular flexibility index (Phi) is 3.08. The van der Waals surface area contributed by atoms with Gasteiger partial charge >= 0.3 is 0 Å². The summed E-state index contributed by atoms with van der Waals surface area (Å²) in [5, 5.41) is 2.85. The molecule has 2 rings (SSSR count). The summed E-state index contributed by atoms with van der Waals surface area (Å²) in [6.07, 6.45) is 2.27. The Morgan fingerprint density at radius 1 is 1.50 bits per heavy atom. The summed E-state index contributed by atoms with van der Waals surface area (Å²) in [6.45, 7) is 0. The van der Waals surface area contributed by atoms with Crippen LogP contribution in [0.25, 0.3) is 0 Å². The van der Waals surface area contributed by atoms with Gasteiger partial charge in [0.2, 0.25) is 5.91 Å². The minimum atomic E-state index is -0.389. The molecule has 4 heteroatoms. The molecule has 0 bridgehead atoms. The van der Waals surface area contributed by atoms with Crippen molar-refractivity contribution in [2.45, 2.75) is 25.3 Å². The first kappa shape index (κ1) is 10.9. The van der Waals surface area contributed by atoms with Gasteiger partial charge in [-0.2, -0.15) is 0 Å². The van der Waals surface area contributed by atoms with E-state index in [1.807, 2.05) is 0 Å². The largest absolute Gasteiger partial charge is 0.494 e. The summed E-state index contributed by atoms with van der Waals surface area (Å²) < 4.78 is 18.3. The Balaban J connectivity index is 2.20. The first-order valence-corrected chi connectivity index (χ1v) is 5.33. The number of carbonyl (C=O) groups is 1. The highest BCUT2D eigenvalue weighted by Gasteiger charge is 2.20. The minimum absolute atomic E-state index is 0.0347. The molecule has 0 spiro atoms. The number of hydrogen-bond acceptors (Lipinski definition) is 2. The fourth-order valence-corrected chi connectivity index (χ4v) is 1.95. The van der Waals surface area contributed by atoms with Crippen molar-refractivity contribution >= 4 is 5.91 Å². The van der Waals surface area contributed by atoms with E-state index in [9.17, 15) is 9.18 Å². The van der Waals surface area contributed by atoms with Crippen LogP contribution < -0.4 is 10.1 Å². The van der Waals surface area contributed by atoms with Crippen molar-refractivity contribution in [3.8, 4) is 5.75 Å². The molecule has 1 aromatic carbocycles. The Morgan fingerprint density at radius 2 is 2.31 bits per heavy atom. The van der Waals surface area contributed by atoms with Crippen molar-refractivity contribution in [2.24, 2.45) is 0 Å². The molecule has 3 nitrogen and oxygen atoms in total. The number of benzene rings is 1. The summed E-state index contributed by atoms with van der Waals surface area (Å²) in [7, 11) is 1.43. The molecule has 1 aromatic rings. The van der Waals surface area contributed by atoms with Gasteiger partial charge in [0.1, 0.15) is 0 Å². The Hall–Kier alpha value is -1.58. The highest BCUT2D eigenvalue weighted by Crippen LogP contribution is 2.26. The average Bonchev–Trinajstić information content (AvgIpc) is 2.29. The number of hydrogen-bond donors (Lipinski definition) is 1. The third-order valence-electron chi connectivity index (χ3n) is 2.81. The van der Waals surface area contributed by atoms with Gasteiger partial charge in [-0.3, -0.25) is 4.79 Å². The van der Waals surface area contributed by atoms with E-state index in [1.165, 1.54) is 13.2 Å². The predicted molar refractivity (Wildman–Crippen MR) is 57.7 cm³/mol. The lowest BCUT2D eigenvalue weighted by molar-refractivity contribution is -0.123. The normalized spacial score (nSPS) is 20.4. The SMILES string of the molecule is COc1ccc(C2CCCC(=O)N2)cc1F. The summed E-state index contributed by atoms with van der Waals surface area (Å²) in [5.74, 6) is -0.127. The first-order valence-electron chi connectivity index (χ1n) is 5.33. The maximum atomic E-state index is 13.5. The summed E-state index contributed by atoms with van der Waals surface area (Å²) in [6, 6.07) is 4.74. The van der Waals surface area contributed by atoms with Crippen LogP contribution in [0.1, 0.15) is 30.9 Å². The molecule has 0 aromatic heterocycles. The fourth-order valence-electron chi connectivity index (χ4n) is 1.95. The quantitative estimate of drug-likeness (QED) is 0.834. The van der Waals surface area contributed by atoms with E-state index in [-0.39, 0.29) is 23.5 Å². The number of piperidine rings is 1. The number of ether oxygens (including phenoxy) is 1. The zero-order chi connectivity index (χ0) is 11.5. The Morgan fingerprint density at radius 3 is 2.94 bits per heavy atom. The molecule has 0 saturated carbocycles. The van der Waals surface area contributed by atoms with E-state index in [0.717, 1.165) is 18.4 Å². The van der Waals surface area contributed by atoms with Crippen LogP contribution in [0.4, 0.5) is 4.39 Å². The zero-order valence-electron chi connectivity index (χ0n) is 9.13. The molecule has 1 unspecified atom stereocenters. The second-order valence-corrected chi connectivity index (χ2v) is 3.91. The molecule has 1 saturated heterocycles. The third kappa shape index (κ3) is 2.15. The molecule has 86 valence electrons. The minimum Gasteiger partial charge on any atom is -0.494 e. The lowest BCUT2D eigenvalue weighted by atomic mass is 9.97. The van der Waals surface area contributed by atoms with Gasteiger partial charge in [0, 0.05) is 6.42 Å². The van der Waals surface area contributed by atoms with Crippen molar-refractivity contribution in [3.05, 3.63) is 29.6 Å². The summed E-state index contributed by atoms with van der Waals surface area (Å²) in [4.78, 5) is 11.2. The van der Waals surface area contributed by atoms with Gasteiger partial charge < -0.3 is 10.1 Å². The molecular weight excluding hydrogens is 209 g/mol. The molecule has 1 atom stereocenters. The standard InChI is InChI=1S/C12H14FNO2/c1-16-11-6-5-8(7-9(11)13)10-3-2-4-12(15)14-10/h5-7,10H,2-4H2,1H3,(H,14,15). The van der Waals surface area contributed by atoms with Crippen molar-refractivity contribution < 1.29 is 13.9 Å². The van der Waals surface area contributed by atoms with E-state index in [2.05, 4.69) is 5.32 Å². The van der Waals surface area contributed by atoms with E-state index >= 15 is 0 Å². The molecule has 0 aliphatic carbocycles. The predicted octanol–water partition coefficient (Wildman–Crippen LogP) is 2.18. The number of halogens is 1. The van der Waals surface area contributed by atoms with Gasteiger partial charge in [-0.05, 0) is 30.5 Å². The van der Waals surface area contributed by atoms with Crippen molar-refractivity contribution in [1.82, 2.24) is 5.32 Å². The van der Waals surface area contributed by atoms with Gasteiger partial charge in [-0.15, -0.1) is 0 Å². The Labute approximate surface area is 93.6 Å². The zero-order valence-corrected chi connectivity index (χ0v) is 9.13. The van der Waals surface area contributed by atoms with Crippen molar-refractivity contribution in [3.63, 3.8) is 0 Å². The maximum absolute atomic E-state index is 13.5. The molecule has 1 aliphatic heterocycles. The van der Waals surface area contributed by atoms with Gasteiger partial charge in [0.05, 0.1) is 13.2 Å². The smallest absolute Gasteiger partial charge is 0.220 e. The molecule has 1 amide bonds. The van der Waals surface area contributed by atoms with E-state index in [0.29, 0.717) is 6.42 Å². The first-order chi connectivity index (χ1) is 7.70. The van der Waals surface area contributed by atoms with Crippen LogP contribution >= 0.6 is 0 Å². The molecule has 1 N–H and O–H groups in total. The molecule has 1 heterocycles. The molecule has 0 radical (unpaired) electrons. The number of nitrogens with one attached hydrogen (secondary N) is 1. The van der Waals surface area contributed by atoms with E-state index < -0.39 is 0 Å². The van der Waals surface area contributed by atoms with Gasteiger partial charge in [-0.1, -0.05) is 6.07 Å². The molecule has 1 aliphatic rings. The van der Waals surface area contributed by atoms with Crippen LogP contribution in [0.15, 0.2) is 18.2 Å². The van der Waals surface area contributed by atoms with Crippen LogP contribution in [0.5, 0.6) is 5.75 Å². The molecule has 1 fully saturated rings. The monoisotopic (exact) mass is 223 g/mol. The number of amides is 1. The lowest BCUT2D eigenvalue weighted by Gasteiger charge is -2.23. The maximum Gasteiger partial charge on any atom is 0.220 e. The topological polar surface area (TPSA) is 38.3 Å². The number of carbonyl (C=O) groups excluding carboxylic acids is 1. The van der Waals surface area contributed by atoms with Crippen LogP contribution in [-0.4, -0.2) is 13.0 Å². The van der Waals surface area contributed by atoms with Crippen LogP contribution in [0, 0.1) is 5.82 Å². The third-order valence-corrected chi connectivity index (χ3v) is 2.81. The summed E-state index contributed by atoms with van der Waals surface area (Å²) in [5.41, 5.74) is 0.798. The van der Waals surface area contributed by atoms with Crippen molar-refractivity contribution in [2.75, 3.05) is 7.11 Å². The lowest BCUT2D eigenvalue weighted by Crippen LogP contribution is -2.32. The second-order valence-electron chi connectivity index (χ2n) is 3.91. The van der Waals surface area contributed by atoms with Crippen molar-refractivity contribution in [1.29, 1.82) is 0 Å². The van der Waals surface area contributed by atoms with Gasteiger partial charge in [-0.25, -0.2) is 4.39 Å². The highest BCUT2D eigenvalue weighted by molar-refractivity contribution is 5.77. The van der Waals surface area contributed by atoms with Gasteiger partial charge in [0.15, 0.2) is 11.6 Å². The number of rotatable bonds is 2. The molecule has 16 heavy (non-hydrogen) atoms. The summed E-state index contributed by atoms with van der Waals surface area (Å²) >= 11 is 0. The average molecular weight is 223 g/mol. The van der Waals surface area contributed by atoms with E-state index in [4.69, 9.17) is 4.74 Å². The second kappa shape index (κ2) is 4.51. The van der Waals surface area contributed by atoms with Gasteiger partial charge in [0.25, 0.3) is 0 Å². The highest BCUT2D eigenvalue weighted by atomic mass is 19.1.